The van der Waals surface area contributed by atoms with Gasteiger partial charge < -0.3 is 9.67 Å². The first-order valence-electron chi connectivity index (χ1n) is 11.2. The van der Waals surface area contributed by atoms with Gasteiger partial charge >= 0.3 is 0 Å². The van der Waals surface area contributed by atoms with Crippen LogP contribution in [0, 0.1) is 11.8 Å². The third kappa shape index (κ3) is 3.00. The van der Waals surface area contributed by atoms with Crippen LogP contribution in [0.4, 0.5) is 0 Å². The number of fused-ring (bicyclic) bond motifs is 2. The largest absolute Gasteiger partial charge is 0.396 e. The molecule has 2 unspecified atom stereocenters. The first kappa shape index (κ1) is 19.1. The lowest BCUT2D eigenvalue weighted by Crippen LogP contribution is -2.44. The molecular weight excluding hydrogens is 360 g/mol. The lowest BCUT2D eigenvalue weighted by Gasteiger charge is -2.40. The first-order chi connectivity index (χ1) is 14.0. The number of carbonyl (C=O) groups is 1. The molecule has 0 bridgehead atoms. The first-order valence-corrected chi connectivity index (χ1v) is 11.2. The van der Waals surface area contributed by atoms with Gasteiger partial charge in [0.15, 0.2) is 0 Å². The van der Waals surface area contributed by atoms with E-state index in [9.17, 15) is 9.90 Å². The fourth-order valence-corrected chi connectivity index (χ4v) is 5.67. The van der Waals surface area contributed by atoms with Gasteiger partial charge in [0.1, 0.15) is 5.78 Å². The average Bonchev–Trinajstić information content (AvgIpc) is 3.52. The van der Waals surface area contributed by atoms with Crippen LogP contribution < -0.4 is 0 Å². The molecule has 3 atom stereocenters. The Kier molecular flexibility index (Phi) is 4.67. The highest BCUT2D eigenvalue weighted by Gasteiger charge is 2.39. The third-order valence-electron chi connectivity index (χ3n) is 7.54. The minimum absolute atomic E-state index is 0.0738. The van der Waals surface area contributed by atoms with E-state index in [-0.39, 0.29) is 24.2 Å². The Balaban J connectivity index is 1.58. The van der Waals surface area contributed by atoms with Crippen molar-refractivity contribution in [2.45, 2.75) is 51.0 Å². The number of hydrogen-bond donors (Lipinski definition) is 1. The van der Waals surface area contributed by atoms with Crippen LogP contribution in [-0.2, 0) is 18.3 Å². The maximum atomic E-state index is 13.0. The minimum Gasteiger partial charge on any atom is -0.396 e. The van der Waals surface area contributed by atoms with Crippen molar-refractivity contribution < 1.29 is 9.90 Å². The second-order valence-electron chi connectivity index (χ2n) is 9.41. The Hall–Kier alpha value is -1.91. The highest BCUT2D eigenvalue weighted by Crippen LogP contribution is 2.49. The molecule has 2 heterocycles. The highest BCUT2D eigenvalue weighted by molar-refractivity contribution is 6.00. The van der Waals surface area contributed by atoms with Crippen LogP contribution in [-0.4, -0.2) is 46.6 Å². The zero-order valence-corrected chi connectivity index (χ0v) is 17.8. The Labute approximate surface area is 173 Å². The molecule has 1 aliphatic heterocycles. The third-order valence-corrected chi connectivity index (χ3v) is 7.54. The second kappa shape index (κ2) is 7.10. The van der Waals surface area contributed by atoms with Gasteiger partial charge in [-0.05, 0) is 60.9 Å². The summed E-state index contributed by atoms with van der Waals surface area (Å²) in [4.78, 5) is 15.4. The Morgan fingerprint density at radius 1 is 1.28 bits per heavy atom. The zero-order chi connectivity index (χ0) is 20.3. The SMILES string of the molecule is CCC(CO)CC(=O)[C@@H]1C=C2c3cccc4c3c(c(C3CC3)n4C)CC2N(C)C1. The number of hydrogen-bond acceptors (Lipinski definition) is 3. The van der Waals surface area contributed by atoms with Crippen molar-refractivity contribution in [3.05, 3.63) is 41.1 Å². The Morgan fingerprint density at radius 2 is 2.07 bits per heavy atom. The van der Waals surface area contributed by atoms with Gasteiger partial charge in [-0.1, -0.05) is 31.6 Å². The van der Waals surface area contributed by atoms with Gasteiger partial charge in [-0.15, -0.1) is 0 Å². The number of aryl methyl sites for hydroxylation is 1. The summed E-state index contributed by atoms with van der Waals surface area (Å²) in [7, 11) is 4.40. The molecule has 3 aliphatic rings. The van der Waals surface area contributed by atoms with Crippen molar-refractivity contribution in [2.75, 3.05) is 20.2 Å². The van der Waals surface area contributed by atoms with Crippen molar-refractivity contribution >= 4 is 22.3 Å². The molecule has 2 aromatic rings. The molecule has 5 rings (SSSR count). The number of carbonyl (C=O) groups excluding carboxylic acids is 1. The van der Waals surface area contributed by atoms with Crippen LogP contribution in [0.25, 0.3) is 16.5 Å². The predicted molar refractivity (Wildman–Crippen MR) is 117 cm³/mol. The quantitative estimate of drug-likeness (QED) is 0.811. The molecule has 1 saturated carbocycles. The average molecular weight is 393 g/mol. The molecule has 1 aromatic heterocycles. The van der Waals surface area contributed by atoms with Crippen LogP contribution in [0.1, 0.15) is 55.3 Å². The van der Waals surface area contributed by atoms with Crippen molar-refractivity contribution in [3.63, 3.8) is 0 Å². The van der Waals surface area contributed by atoms with Gasteiger partial charge in [-0.3, -0.25) is 9.69 Å². The number of rotatable bonds is 6. The van der Waals surface area contributed by atoms with E-state index in [1.165, 1.54) is 34.9 Å². The van der Waals surface area contributed by atoms with Crippen LogP contribution in [0.2, 0.25) is 0 Å². The van der Waals surface area contributed by atoms with E-state index in [1.54, 1.807) is 11.3 Å². The molecule has 0 spiro atoms. The minimum atomic E-state index is -0.0738. The summed E-state index contributed by atoms with van der Waals surface area (Å²) >= 11 is 0. The van der Waals surface area contributed by atoms with Crippen LogP contribution in [0.15, 0.2) is 24.3 Å². The maximum absolute atomic E-state index is 13.0. The second-order valence-corrected chi connectivity index (χ2v) is 9.41. The molecule has 29 heavy (non-hydrogen) atoms. The van der Waals surface area contributed by atoms with Crippen LogP contribution in [0.3, 0.4) is 0 Å². The highest BCUT2D eigenvalue weighted by atomic mass is 16.3. The molecular formula is C25H32N2O2. The van der Waals surface area contributed by atoms with Crippen molar-refractivity contribution in [2.24, 2.45) is 18.9 Å². The standard InChI is InChI=1S/C25H32N2O2/c1-4-15(14-28)10-23(29)17-11-19-18-6-5-7-21-24(18)20(12-22(19)26(2)13-17)25(27(21)3)16-8-9-16/h5-7,11,15-17,22,28H,4,8-10,12-14H2,1-3H3/t15?,17-,22?/m1/s1. The van der Waals surface area contributed by atoms with E-state index in [2.05, 4.69) is 47.8 Å². The lowest BCUT2D eigenvalue weighted by atomic mass is 9.77. The Morgan fingerprint density at radius 3 is 2.76 bits per heavy atom. The molecule has 4 nitrogen and oxygen atoms in total. The number of likely N-dealkylation sites (N-methyl/N-ethyl adjacent to an activating group) is 1. The number of aliphatic hydroxyl groups is 1. The Bertz CT molecular complexity index is 994. The molecule has 1 fully saturated rings. The van der Waals surface area contributed by atoms with Crippen molar-refractivity contribution in [1.29, 1.82) is 0 Å². The smallest absolute Gasteiger partial charge is 0.141 e. The summed E-state index contributed by atoms with van der Waals surface area (Å²) < 4.78 is 2.43. The summed E-state index contributed by atoms with van der Waals surface area (Å²) in [6, 6.07) is 7.03. The number of benzene rings is 1. The maximum Gasteiger partial charge on any atom is 0.141 e. The summed E-state index contributed by atoms with van der Waals surface area (Å²) in [5.41, 5.74) is 7.09. The summed E-state index contributed by atoms with van der Waals surface area (Å²) in [5.74, 6) is 1.01. The molecule has 1 aromatic carbocycles. The zero-order valence-electron chi connectivity index (χ0n) is 17.8. The monoisotopic (exact) mass is 392 g/mol. The number of aromatic nitrogens is 1. The molecule has 1 N–H and O–H groups in total. The van der Waals surface area contributed by atoms with Crippen molar-refractivity contribution in [3.8, 4) is 0 Å². The van der Waals surface area contributed by atoms with E-state index < -0.39 is 0 Å². The number of Topliss-reactive ketones (excluding diaryl/α,β-unsaturated/α-hetero) is 1. The summed E-state index contributed by atoms with van der Waals surface area (Å²) in [5, 5.41) is 10.9. The fourth-order valence-electron chi connectivity index (χ4n) is 5.67. The van der Waals surface area contributed by atoms with E-state index in [1.807, 2.05) is 6.92 Å². The molecule has 0 saturated heterocycles. The van der Waals surface area contributed by atoms with Crippen LogP contribution in [0.5, 0.6) is 0 Å². The van der Waals surface area contributed by atoms with Crippen LogP contribution >= 0.6 is 0 Å². The number of nitrogens with zero attached hydrogens (tertiary/aromatic N) is 2. The van der Waals surface area contributed by atoms with E-state index in [0.717, 1.165) is 25.3 Å². The van der Waals surface area contributed by atoms with Crippen molar-refractivity contribution in [1.82, 2.24) is 9.47 Å². The molecule has 154 valence electrons. The molecule has 0 radical (unpaired) electrons. The molecule has 4 heteroatoms. The fraction of sp³-hybridized carbons (Fsp3) is 0.560. The van der Waals surface area contributed by atoms with Gasteiger partial charge in [-0.2, -0.15) is 0 Å². The van der Waals surface area contributed by atoms with E-state index >= 15 is 0 Å². The van der Waals surface area contributed by atoms with E-state index in [0.29, 0.717) is 12.5 Å². The number of aliphatic hydroxyl groups excluding tert-OH is 1. The van der Waals surface area contributed by atoms with Gasteiger partial charge in [0, 0.05) is 55.2 Å². The summed E-state index contributed by atoms with van der Waals surface area (Å²) in [6.45, 7) is 2.93. The normalized spacial score (nSPS) is 25.0. The molecule has 2 aliphatic carbocycles. The number of ketones is 1. The van der Waals surface area contributed by atoms with Gasteiger partial charge in [0.05, 0.1) is 0 Å². The van der Waals surface area contributed by atoms with E-state index in [4.69, 9.17) is 0 Å². The topological polar surface area (TPSA) is 45.5 Å². The van der Waals surface area contributed by atoms with Gasteiger partial charge in [-0.25, -0.2) is 0 Å². The lowest BCUT2D eigenvalue weighted by molar-refractivity contribution is -0.123. The van der Waals surface area contributed by atoms with Gasteiger partial charge in [0.25, 0.3) is 0 Å². The summed E-state index contributed by atoms with van der Waals surface area (Å²) in [6.07, 6.45) is 7.27. The van der Waals surface area contributed by atoms with Gasteiger partial charge in [0.2, 0.25) is 0 Å². The predicted octanol–water partition coefficient (Wildman–Crippen LogP) is 3.90. The molecule has 0 amide bonds.